The van der Waals surface area contributed by atoms with Crippen molar-refractivity contribution in [3.63, 3.8) is 0 Å². The lowest BCUT2D eigenvalue weighted by Crippen LogP contribution is -2.16. The zero-order chi connectivity index (χ0) is 14.4. The molecule has 0 radical (unpaired) electrons. The summed E-state index contributed by atoms with van der Waals surface area (Å²) in [6, 6.07) is 17.3. The fourth-order valence-corrected chi connectivity index (χ4v) is 2.89. The van der Waals surface area contributed by atoms with E-state index in [1.54, 1.807) is 11.8 Å². The summed E-state index contributed by atoms with van der Waals surface area (Å²) in [5.41, 5.74) is 7.37. The number of nitrogens with two attached hydrogens (primary N) is 1. The van der Waals surface area contributed by atoms with E-state index in [1.807, 2.05) is 54.6 Å². The third kappa shape index (κ3) is 3.78. The number of hydrogen-bond acceptors (Lipinski definition) is 4. The summed E-state index contributed by atoms with van der Waals surface area (Å²) in [6.07, 6.45) is 0. The van der Waals surface area contributed by atoms with Crippen LogP contribution < -0.4 is 5.73 Å². The van der Waals surface area contributed by atoms with Gasteiger partial charge >= 0.3 is 5.97 Å². The van der Waals surface area contributed by atoms with Crippen LogP contribution in [0.1, 0.15) is 11.5 Å². The third-order valence-corrected chi connectivity index (χ3v) is 4.09. The van der Waals surface area contributed by atoms with Crippen LogP contribution in [-0.2, 0) is 9.53 Å². The maximum Gasteiger partial charge on any atom is 0.313 e. The molecular formula is C16H17NO2S. The molecule has 0 amide bonds. The first kappa shape index (κ1) is 14.5. The minimum atomic E-state index is -0.260. The van der Waals surface area contributed by atoms with Crippen molar-refractivity contribution in [3.8, 4) is 0 Å². The van der Waals surface area contributed by atoms with Gasteiger partial charge in [0.25, 0.3) is 0 Å². The molecule has 2 N–H and O–H groups in total. The molecule has 1 unspecified atom stereocenters. The number of thioether (sulfide) groups is 1. The van der Waals surface area contributed by atoms with Gasteiger partial charge in [-0.25, -0.2) is 0 Å². The zero-order valence-electron chi connectivity index (χ0n) is 11.3. The predicted molar refractivity (Wildman–Crippen MR) is 82.8 cm³/mol. The van der Waals surface area contributed by atoms with E-state index in [-0.39, 0.29) is 11.9 Å². The summed E-state index contributed by atoms with van der Waals surface area (Å²) in [4.78, 5) is 13.0. The van der Waals surface area contributed by atoms with E-state index in [0.29, 0.717) is 5.75 Å². The van der Waals surface area contributed by atoms with Gasteiger partial charge in [0.15, 0.2) is 0 Å². The maximum absolute atomic E-state index is 11.9. The number of hydrogen-bond donors (Lipinski definition) is 1. The molecule has 3 nitrogen and oxygen atoms in total. The Morgan fingerprint density at radius 1 is 1.15 bits per heavy atom. The minimum Gasteiger partial charge on any atom is -0.469 e. The Balaban J connectivity index is 2.09. The number of nitrogen functional groups attached to an aromatic ring is 1. The lowest BCUT2D eigenvalue weighted by Gasteiger charge is -2.14. The Kier molecular flexibility index (Phi) is 5.07. The van der Waals surface area contributed by atoms with Crippen molar-refractivity contribution in [3.05, 3.63) is 60.2 Å². The molecule has 2 aromatic rings. The molecule has 0 spiro atoms. The molecule has 0 bridgehead atoms. The van der Waals surface area contributed by atoms with Crippen molar-refractivity contribution >= 4 is 23.4 Å². The Labute approximate surface area is 123 Å². The smallest absolute Gasteiger partial charge is 0.313 e. The van der Waals surface area contributed by atoms with E-state index < -0.39 is 0 Å². The van der Waals surface area contributed by atoms with E-state index in [4.69, 9.17) is 10.5 Å². The second kappa shape index (κ2) is 7.01. The molecule has 2 rings (SSSR count). The molecule has 0 aliphatic carbocycles. The van der Waals surface area contributed by atoms with Gasteiger partial charge in [-0.3, -0.25) is 4.79 Å². The molecule has 0 aromatic heterocycles. The second-order valence-electron chi connectivity index (χ2n) is 4.37. The average molecular weight is 287 g/mol. The van der Waals surface area contributed by atoms with Gasteiger partial charge in [0.2, 0.25) is 0 Å². The highest BCUT2D eigenvalue weighted by molar-refractivity contribution is 7.99. The van der Waals surface area contributed by atoms with Gasteiger partial charge in [0, 0.05) is 16.3 Å². The van der Waals surface area contributed by atoms with E-state index in [1.165, 1.54) is 7.11 Å². The van der Waals surface area contributed by atoms with Crippen molar-refractivity contribution in [2.24, 2.45) is 0 Å². The molecule has 1 atom stereocenters. The Hall–Kier alpha value is -1.94. The van der Waals surface area contributed by atoms with Crippen molar-refractivity contribution in [1.82, 2.24) is 0 Å². The molecule has 0 saturated heterocycles. The van der Waals surface area contributed by atoms with Gasteiger partial charge in [-0.2, -0.15) is 0 Å². The van der Waals surface area contributed by atoms with Crippen molar-refractivity contribution in [2.45, 2.75) is 10.8 Å². The monoisotopic (exact) mass is 287 g/mol. The quantitative estimate of drug-likeness (QED) is 0.521. The molecule has 20 heavy (non-hydrogen) atoms. The summed E-state index contributed by atoms with van der Waals surface area (Å²) < 4.78 is 4.90. The number of rotatable bonds is 5. The van der Waals surface area contributed by atoms with E-state index in [2.05, 4.69) is 0 Å². The fourth-order valence-electron chi connectivity index (χ4n) is 1.87. The number of carbonyl (C=O) groups is 1. The van der Waals surface area contributed by atoms with Crippen LogP contribution in [0.25, 0.3) is 0 Å². The van der Waals surface area contributed by atoms with Gasteiger partial charge in [-0.05, 0) is 29.8 Å². The molecule has 104 valence electrons. The van der Waals surface area contributed by atoms with Crippen LogP contribution in [-0.4, -0.2) is 18.8 Å². The van der Waals surface area contributed by atoms with E-state index in [0.717, 1.165) is 16.1 Å². The van der Waals surface area contributed by atoms with Crippen molar-refractivity contribution in [2.75, 3.05) is 18.6 Å². The van der Waals surface area contributed by atoms with Gasteiger partial charge in [-0.15, -0.1) is 11.8 Å². The highest BCUT2D eigenvalue weighted by Gasteiger charge is 2.21. The van der Waals surface area contributed by atoms with Gasteiger partial charge in [0.05, 0.1) is 13.0 Å². The SMILES string of the molecule is COC(=O)C(CSc1ccc(N)cc1)c1ccccc1. The number of anilines is 1. The van der Waals surface area contributed by atoms with E-state index in [9.17, 15) is 4.79 Å². The highest BCUT2D eigenvalue weighted by Crippen LogP contribution is 2.27. The summed E-state index contributed by atoms with van der Waals surface area (Å²) in [6.45, 7) is 0. The standard InChI is InChI=1S/C16H17NO2S/c1-19-16(18)15(12-5-3-2-4-6-12)11-20-14-9-7-13(17)8-10-14/h2-10,15H,11,17H2,1H3. The van der Waals surface area contributed by atoms with Crippen molar-refractivity contribution in [1.29, 1.82) is 0 Å². The summed E-state index contributed by atoms with van der Waals surface area (Å²) in [5.74, 6) is 0.170. The largest absolute Gasteiger partial charge is 0.469 e. The summed E-state index contributed by atoms with van der Waals surface area (Å²) in [5, 5.41) is 0. The number of esters is 1. The minimum absolute atomic E-state index is 0.209. The molecule has 2 aromatic carbocycles. The first-order valence-corrected chi connectivity index (χ1v) is 7.30. The highest BCUT2D eigenvalue weighted by atomic mass is 32.2. The maximum atomic E-state index is 11.9. The van der Waals surface area contributed by atoms with Crippen LogP contribution in [0.5, 0.6) is 0 Å². The Morgan fingerprint density at radius 3 is 2.40 bits per heavy atom. The number of methoxy groups -OCH3 is 1. The average Bonchev–Trinajstić information content (AvgIpc) is 2.50. The van der Waals surface area contributed by atoms with Crippen LogP contribution in [0.2, 0.25) is 0 Å². The molecule has 0 aliphatic rings. The topological polar surface area (TPSA) is 52.3 Å². The van der Waals surface area contributed by atoms with Crippen molar-refractivity contribution < 1.29 is 9.53 Å². The fraction of sp³-hybridized carbons (Fsp3) is 0.188. The predicted octanol–water partition coefficient (Wildman–Crippen LogP) is 3.32. The van der Waals surface area contributed by atoms with Crippen LogP contribution >= 0.6 is 11.8 Å². The number of ether oxygens (including phenoxy) is 1. The number of benzene rings is 2. The first-order valence-electron chi connectivity index (χ1n) is 6.32. The lowest BCUT2D eigenvalue weighted by atomic mass is 10.0. The van der Waals surface area contributed by atoms with Crippen LogP contribution in [0.4, 0.5) is 5.69 Å². The Morgan fingerprint density at radius 2 is 1.80 bits per heavy atom. The first-order chi connectivity index (χ1) is 9.70. The van der Waals surface area contributed by atoms with Gasteiger partial charge < -0.3 is 10.5 Å². The van der Waals surface area contributed by atoms with Crippen LogP contribution in [0.15, 0.2) is 59.5 Å². The summed E-state index contributed by atoms with van der Waals surface area (Å²) in [7, 11) is 1.42. The second-order valence-corrected chi connectivity index (χ2v) is 5.46. The normalized spacial score (nSPS) is 11.8. The molecule has 0 aliphatic heterocycles. The van der Waals surface area contributed by atoms with Crippen LogP contribution in [0, 0.1) is 0 Å². The lowest BCUT2D eigenvalue weighted by molar-refractivity contribution is -0.141. The molecule has 0 saturated carbocycles. The van der Waals surface area contributed by atoms with E-state index >= 15 is 0 Å². The molecular weight excluding hydrogens is 270 g/mol. The third-order valence-electron chi connectivity index (χ3n) is 2.98. The van der Waals surface area contributed by atoms with Gasteiger partial charge in [0.1, 0.15) is 0 Å². The zero-order valence-corrected chi connectivity index (χ0v) is 12.1. The summed E-state index contributed by atoms with van der Waals surface area (Å²) >= 11 is 1.62. The Bertz CT molecular complexity index is 554. The van der Waals surface area contributed by atoms with Gasteiger partial charge in [-0.1, -0.05) is 30.3 Å². The number of carbonyl (C=O) groups excluding carboxylic acids is 1. The molecule has 0 fully saturated rings. The van der Waals surface area contributed by atoms with Crippen LogP contribution in [0.3, 0.4) is 0 Å². The molecule has 4 heteroatoms. The molecule has 0 heterocycles.